The summed E-state index contributed by atoms with van der Waals surface area (Å²) in [4.78, 5) is 27.1. The molecule has 0 radical (unpaired) electrons. The standard InChI is InChI=1S/C25H29N3O3/c1-19-22-10-5-6-11-23(22)28(26-19)25(30)13-7-12-24(29)27-16-14-20(18-27)15-17-31-21-8-3-2-4-9-21/h2-6,8-11,20H,7,12-18H2,1H3. The second-order valence-corrected chi connectivity index (χ2v) is 8.21. The largest absolute Gasteiger partial charge is 0.494 e. The fraction of sp³-hybridized carbons (Fsp3) is 0.400. The van der Waals surface area contributed by atoms with Gasteiger partial charge in [-0.05, 0) is 50.3 Å². The number of benzene rings is 2. The molecule has 1 saturated heterocycles. The van der Waals surface area contributed by atoms with Crippen molar-refractivity contribution in [3.63, 3.8) is 0 Å². The number of amides is 1. The van der Waals surface area contributed by atoms with Crippen LogP contribution < -0.4 is 4.74 Å². The molecular formula is C25H29N3O3. The molecule has 3 aromatic rings. The monoisotopic (exact) mass is 419 g/mol. The van der Waals surface area contributed by atoms with E-state index < -0.39 is 0 Å². The van der Waals surface area contributed by atoms with Gasteiger partial charge < -0.3 is 9.64 Å². The van der Waals surface area contributed by atoms with E-state index in [0.29, 0.717) is 31.8 Å². The minimum Gasteiger partial charge on any atom is -0.494 e. The van der Waals surface area contributed by atoms with Gasteiger partial charge in [0.1, 0.15) is 5.75 Å². The van der Waals surface area contributed by atoms with E-state index in [-0.39, 0.29) is 11.8 Å². The lowest BCUT2D eigenvalue weighted by atomic mass is 10.1. The molecule has 6 nitrogen and oxygen atoms in total. The highest BCUT2D eigenvalue weighted by Crippen LogP contribution is 2.22. The van der Waals surface area contributed by atoms with Gasteiger partial charge in [-0.1, -0.05) is 36.4 Å². The Morgan fingerprint density at radius 3 is 2.61 bits per heavy atom. The highest BCUT2D eigenvalue weighted by atomic mass is 16.5. The molecule has 1 fully saturated rings. The number of likely N-dealkylation sites (tertiary alicyclic amines) is 1. The summed E-state index contributed by atoms with van der Waals surface area (Å²) >= 11 is 0. The fourth-order valence-electron chi connectivity index (χ4n) is 4.22. The lowest BCUT2D eigenvalue weighted by Gasteiger charge is -2.16. The third-order valence-electron chi connectivity index (χ3n) is 5.97. The van der Waals surface area contributed by atoms with Crippen LogP contribution in [-0.2, 0) is 4.79 Å². The van der Waals surface area contributed by atoms with Gasteiger partial charge in [-0.2, -0.15) is 9.78 Å². The Labute approximate surface area is 182 Å². The maximum atomic E-state index is 12.6. The van der Waals surface area contributed by atoms with Crippen molar-refractivity contribution in [3.8, 4) is 5.75 Å². The van der Waals surface area contributed by atoms with Crippen molar-refractivity contribution in [2.24, 2.45) is 5.92 Å². The number of aryl methyl sites for hydroxylation is 1. The second-order valence-electron chi connectivity index (χ2n) is 8.21. The molecule has 1 amide bonds. The second kappa shape index (κ2) is 9.77. The van der Waals surface area contributed by atoms with Crippen LogP contribution in [0.4, 0.5) is 0 Å². The van der Waals surface area contributed by atoms with E-state index in [1.54, 1.807) is 0 Å². The highest BCUT2D eigenvalue weighted by molar-refractivity contribution is 5.92. The molecule has 1 atom stereocenters. The predicted molar refractivity (Wildman–Crippen MR) is 120 cm³/mol. The summed E-state index contributed by atoms with van der Waals surface area (Å²) in [5, 5.41) is 5.38. The molecule has 1 aliphatic heterocycles. The van der Waals surface area contributed by atoms with Crippen molar-refractivity contribution in [1.29, 1.82) is 0 Å². The molecule has 4 rings (SSSR count). The molecule has 0 saturated carbocycles. The average Bonchev–Trinajstić information content (AvgIpc) is 3.40. The minimum absolute atomic E-state index is 0.0607. The number of aromatic nitrogens is 2. The van der Waals surface area contributed by atoms with Crippen LogP contribution in [0.15, 0.2) is 54.6 Å². The van der Waals surface area contributed by atoms with Crippen LogP contribution in [-0.4, -0.2) is 46.2 Å². The summed E-state index contributed by atoms with van der Waals surface area (Å²) in [5.74, 6) is 1.45. The molecule has 1 unspecified atom stereocenters. The van der Waals surface area contributed by atoms with Crippen LogP contribution in [0, 0.1) is 12.8 Å². The number of para-hydroxylation sites is 2. The maximum Gasteiger partial charge on any atom is 0.247 e. The van der Waals surface area contributed by atoms with Gasteiger partial charge in [0.05, 0.1) is 17.8 Å². The molecular weight excluding hydrogens is 390 g/mol. The summed E-state index contributed by atoms with van der Waals surface area (Å²) in [5.41, 5.74) is 1.68. The van der Waals surface area contributed by atoms with Crippen molar-refractivity contribution in [1.82, 2.24) is 14.7 Å². The first-order valence-electron chi connectivity index (χ1n) is 11.0. The number of nitrogens with zero attached hydrogens (tertiary/aromatic N) is 3. The summed E-state index contributed by atoms with van der Waals surface area (Å²) in [7, 11) is 0. The zero-order chi connectivity index (χ0) is 21.6. The van der Waals surface area contributed by atoms with Gasteiger partial charge in [0, 0.05) is 31.3 Å². The Hall–Kier alpha value is -3.15. The Morgan fingerprint density at radius 2 is 1.77 bits per heavy atom. The van der Waals surface area contributed by atoms with E-state index in [2.05, 4.69) is 5.10 Å². The first-order chi connectivity index (χ1) is 15.1. The molecule has 1 aromatic heterocycles. The Balaban J connectivity index is 1.19. The number of ether oxygens (including phenoxy) is 1. The summed E-state index contributed by atoms with van der Waals surface area (Å²) in [6.07, 6.45) is 3.23. The fourth-order valence-corrected chi connectivity index (χ4v) is 4.22. The molecule has 1 aliphatic rings. The van der Waals surface area contributed by atoms with Crippen molar-refractivity contribution >= 4 is 22.7 Å². The Morgan fingerprint density at radius 1 is 1.03 bits per heavy atom. The van der Waals surface area contributed by atoms with E-state index in [4.69, 9.17) is 4.74 Å². The van der Waals surface area contributed by atoms with Crippen LogP contribution in [0.2, 0.25) is 0 Å². The first kappa shape index (κ1) is 21.1. The molecule has 0 N–H and O–H groups in total. The van der Waals surface area contributed by atoms with Crippen molar-refractivity contribution in [2.75, 3.05) is 19.7 Å². The van der Waals surface area contributed by atoms with Crippen LogP contribution >= 0.6 is 0 Å². The predicted octanol–water partition coefficient (Wildman–Crippen LogP) is 4.47. The Kier molecular flexibility index (Phi) is 6.65. The molecule has 0 aliphatic carbocycles. The molecule has 6 heteroatoms. The average molecular weight is 420 g/mol. The number of carbonyl (C=O) groups excluding carboxylic acids is 2. The van der Waals surface area contributed by atoms with E-state index in [9.17, 15) is 9.59 Å². The highest BCUT2D eigenvalue weighted by Gasteiger charge is 2.26. The SMILES string of the molecule is Cc1nn(C(=O)CCCC(=O)N2CCC(CCOc3ccccc3)C2)c2ccccc12. The smallest absolute Gasteiger partial charge is 0.247 e. The van der Waals surface area contributed by atoms with Gasteiger partial charge in [0.25, 0.3) is 0 Å². The van der Waals surface area contributed by atoms with E-state index in [1.165, 1.54) is 4.68 Å². The quantitative estimate of drug-likeness (QED) is 0.540. The lowest BCUT2D eigenvalue weighted by molar-refractivity contribution is -0.130. The molecule has 0 spiro atoms. The third kappa shape index (κ3) is 5.13. The maximum absolute atomic E-state index is 12.6. The first-order valence-corrected chi connectivity index (χ1v) is 11.0. The number of hydrogen-bond donors (Lipinski definition) is 0. The summed E-state index contributed by atoms with van der Waals surface area (Å²) < 4.78 is 7.26. The normalized spacial score (nSPS) is 16.0. The van der Waals surface area contributed by atoms with Gasteiger partial charge in [0.2, 0.25) is 11.8 Å². The van der Waals surface area contributed by atoms with Crippen LogP contribution in [0.25, 0.3) is 10.9 Å². The number of rotatable bonds is 8. The van der Waals surface area contributed by atoms with Crippen molar-refractivity contribution in [2.45, 2.75) is 39.0 Å². The molecule has 2 aromatic carbocycles. The number of fused-ring (bicyclic) bond motifs is 1. The van der Waals surface area contributed by atoms with Gasteiger partial charge in [-0.3, -0.25) is 9.59 Å². The van der Waals surface area contributed by atoms with Crippen LogP contribution in [0.3, 0.4) is 0 Å². The van der Waals surface area contributed by atoms with E-state index in [1.807, 2.05) is 66.4 Å². The van der Waals surface area contributed by atoms with Crippen molar-refractivity contribution < 1.29 is 14.3 Å². The molecule has 31 heavy (non-hydrogen) atoms. The Bertz CT molecular complexity index is 1040. The third-order valence-corrected chi connectivity index (χ3v) is 5.97. The lowest BCUT2D eigenvalue weighted by Crippen LogP contribution is -2.28. The molecule has 0 bridgehead atoms. The zero-order valence-corrected chi connectivity index (χ0v) is 18.0. The number of hydrogen-bond acceptors (Lipinski definition) is 4. The minimum atomic E-state index is -0.0607. The summed E-state index contributed by atoms with van der Waals surface area (Å²) in [6, 6.07) is 17.5. The van der Waals surface area contributed by atoms with E-state index >= 15 is 0 Å². The molecule has 2 heterocycles. The van der Waals surface area contributed by atoms with Crippen molar-refractivity contribution in [3.05, 3.63) is 60.3 Å². The summed E-state index contributed by atoms with van der Waals surface area (Å²) in [6.45, 7) is 4.16. The van der Waals surface area contributed by atoms with Gasteiger partial charge in [0.15, 0.2) is 0 Å². The van der Waals surface area contributed by atoms with Crippen LogP contribution in [0.5, 0.6) is 5.75 Å². The topological polar surface area (TPSA) is 64.4 Å². The van der Waals surface area contributed by atoms with Gasteiger partial charge in [-0.15, -0.1) is 0 Å². The van der Waals surface area contributed by atoms with Gasteiger partial charge >= 0.3 is 0 Å². The zero-order valence-electron chi connectivity index (χ0n) is 18.0. The van der Waals surface area contributed by atoms with Crippen LogP contribution in [0.1, 0.15) is 42.6 Å². The number of carbonyl (C=O) groups is 2. The van der Waals surface area contributed by atoms with E-state index in [0.717, 1.165) is 48.3 Å². The molecule has 162 valence electrons. The van der Waals surface area contributed by atoms with Gasteiger partial charge in [-0.25, -0.2) is 0 Å².